The lowest BCUT2D eigenvalue weighted by Crippen LogP contribution is -2.10. The van der Waals surface area contributed by atoms with Crippen molar-refractivity contribution in [2.75, 3.05) is 4.90 Å². The van der Waals surface area contributed by atoms with Gasteiger partial charge in [0.1, 0.15) is 11.2 Å². The first kappa shape index (κ1) is 27.9. The van der Waals surface area contributed by atoms with Crippen LogP contribution >= 0.6 is 11.3 Å². The molecule has 2 nitrogen and oxygen atoms in total. The summed E-state index contributed by atoms with van der Waals surface area (Å²) in [6.45, 7) is 0. The topological polar surface area (TPSA) is 16.4 Å². The summed E-state index contributed by atoms with van der Waals surface area (Å²) in [5.41, 5.74) is 10.1. The van der Waals surface area contributed by atoms with E-state index in [-0.39, 0.29) is 0 Å². The van der Waals surface area contributed by atoms with Crippen LogP contribution in [0.5, 0.6) is 0 Å². The van der Waals surface area contributed by atoms with E-state index in [1.807, 2.05) is 23.5 Å². The van der Waals surface area contributed by atoms with Crippen LogP contribution in [0.15, 0.2) is 180 Å². The third-order valence-corrected chi connectivity index (χ3v) is 10.9. The minimum absolute atomic E-state index is 0.910. The van der Waals surface area contributed by atoms with Gasteiger partial charge in [0.25, 0.3) is 0 Å². The molecule has 0 saturated carbocycles. The summed E-state index contributed by atoms with van der Waals surface area (Å²) in [5.74, 6) is 0. The van der Waals surface area contributed by atoms with Crippen molar-refractivity contribution in [3.63, 3.8) is 0 Å². The third kappa shape index (κ3) is 4.55. The molecule has 0 radical (unpaired) electrons. The molecule has 3 heteroatoms. The number of furan rings is 1. The molecule has 2 heterocycles. The molecule has 0 amide bonds. The Hall–Kier alpha value is -6.16. The number of hydrogen-bond donors (Lipinski definition) is 0. The smallest absolute Gasteiger partial charge is 0.135 e. The predicted octanol–water partition coefficient (Wildman–Crippen LogP) is 13.9. The molecule has 230 valence electrons. The van der Waals surface area contributed by atoms with Crippen LogP contribution in [0.1, 0.15) is 0 Å². The Kier molecular flexibility index (Phi) is 6.39. The lowest BCUT2D eigenvalue weighted by molar-refractivity contribution is 0.669. The summed E-state index contributed by atoms with van der Waals surface area (Å²) in [5, 5.41) is 7.26. The molecule has 0 fully saturated rings. The van der Waals surface area contributed by atoms with E-state index in [0.717, 1.165) is 33.3 Å². The predicted molar refractivity (Wildman–Crippen MR) is 210 cm³/mol. The lowest BCUT2D eigenvalue weighted by Gasteiger charge is -2.28. The highest BCUT2D eigenvalue weighted by molar-refractivity contribution is 7.26. The van der Waals surface area contributed by atoms with Gasteiger partial charge >= 0.3 is 0 Å². The van der Waals surface area contributed by atoms with Gasteiger partial charge in [0.2, 0.25) is 0 Å². The molecule has 0 unspecified atom stereocenters. The van der Waals surface area contributed by atoms with Gasteiger partial charge in [-0.3, -0.25) is 0 Å². The molecule has 2 aromatic heterocycles. The number of hydrogen-bond acceptors (Lipinski definition) is 3. The van der Waals surface area contributed by atoms with Crippen molar-refractivity contribution >= 4 is 81.3 Å². The number of rotatable bonds is 5. The summed E-state index contributed by atoms with van der Waals surface area (Å²) in [7, 11) is 0. The number of para-hydroxylation sites is 1. The summed E-state index contributed by atoms with van der Waals surface area (Å²) in [6.07, 6.45) is 0. The van der Waals surface area contributed by atoms with Crippen LogP contribution in [-0.2, 0) is 0 Å². The van der Waals surface area contributed by atoms with Crippen LogP contribution < -0.4 is 4.90 Å². The molecule has 8 aromatic carbocycles. The number of fused-ring (bicyclic) bond motifs is 7. The van der Waals surface area contributed by atoms with Crippen LogP contribution in [0, 0.1) is 0 Å². The molecule has 0 N–H and O–H groups in total. The minimum Gasteiger partial charge on any atom is -0.456 e. The second-order valence-corrected chi connectivity index (χ2v) is 13.5. The highest BCUT2D eigenvalue weighted by atomic mass is 32.1. The number of benzene rings is 8. The van der Waals surface area contributed by atoms with Crippen molar-refractivity contribution < 1.29 is 4.42 Å². The van der Waals surface area contributed by atoms with Gasteiger partial charge in [-0.25, -0.2) is 0 Å². The van der Waals surface area contributed by atoms with Crippen molar-refractivity contribution in [1.29, 1.82) is 0 Å². The van der Waals surface area contributed by atoms with Crippen LogP contribution in [0.25, 0.3) is 75.1 Å². The molecule has 0 aliphatic heterocycles. The molecule has 0 bridgehead atoms. The fourth-order valence-electron chi connectivity index (χ4n) is 7.37. The molecule has 49 heavy (non-hydrogen) atoms. The van der Waals surface area contributed by atoms with E-state index < -0.39 is 0 Å². The van der Waals surface area contributed by atoms with Gasteiger partial charge in [-0.1, -0.05) is 127 Å². The van der Waals surface area contributed by atoms with Gasteiger partial charge < -0.3 is 9.32 Å². The number of anilines is 3. The van der Waals surface area contributed by atoms with Gasteiger partial charge in [0.05, 0.1) is 16.1 Å². The van der Waals surface area contributed by atoms with E-state index in [1.54, 1.807) is 0 Å². The first-order valence-electron chi connectivity index (χ1n) is 16.6. The van der Waals surface area contributed by atoms with Crippen LogP contribution in [-0.4, -0.2) is 0 Å². The Morgan fingerprint density at radius 2 is 1.04 bits per heavy atom. The average Bonchev–Trinajstić information content (AvgIpc) is 3.74. The zero-order valence-corrected chi connectivity index (χ0v) is 27.3. The van der Waals surface area contributed by atoms with Crippen molar-refractivity contribution in [2.45, 2.75) is 0 Å². The Balaban J connectivity index is 1.20. The van der Waals surface area contributed by atoms with Crippen molar-refractivity contribution in [1.82, 2.24) is 0 Å². The highest BCUT2D eigenvalue weighted by Crippen LogP contribution is 2.48. The standard InChI is InChI=1S/C46H29NOS/c1-2-11-30(12-3-1)31-21-24-33(25-22-31)47(42-18-10-17-39-38-16-7-9-20-45(38)49-46(39)42)41-27-26-34(35-13-4-5-14-36(35)41)32-23-28-44-40(29-32)37-15-6-8-19-43(37)48-44/h1-29H. The van der Waals surface area contributed by atoms with Gasteiger partial charge in [-0.05, 0) is 76.2 Å². The van der Waals surface area contributed by atoms with Crippen LogP contribution in [0.4, 0.5) is 17.1 Å². The largest absolute Gasteiger partial charge is 0.456 e. The van der Waals surface area contributed by atoms with E-state index >= 15 is 0 Å². The Labute approximate surface area is 287 Å². The van der Waals surface area contributed by atoms with Crippen LogP contribution in [0.3, 0.4) is 0 Å². The number of thiophene rings is 1. The zero-order chi connectivity index (χ0) is 32.3. The molecule has 0 atom stereocenters. The molecule has 10 aromatic rings. The molecular formula is C46H29NOS. The molecule has 0 spiro atoms. The summed E-state index contributed by atoms with van der Waals surface area (Å²) < 4.78 is 8.74. The molecule has 0 saturated heterocycles. The van der Waals surface area contributed by atoms with E-state index in [2.05, 4.69) is 169 Å². The first-order valence-corrected chi connectivity index (χ1v) is 17.4. The summed E-state index contributed by atoms with van der Waals surface area (Å²) in [6, 6.07) is 63.3. The fourth-order valence-corrected chi connectivity index (χ4v) is 8.58. The van der Waals surface area contributed by atoms with E-state index in [9.17, 15) is 0 Å². The van der Waals surface area contributed by atoms with Gasteiger partial charge in [0.15, 0.2) is 0 Å². The first-order chi connectivity index (χ1) is 24.3. The summed E-state index contributed by atoms with van der Waals surface area (Å²) in [4.78, 5) is 2.45. The Morgan fingerprint density at radius 1 is 0.388 bits per heavy atom. The van der Waals surface area contributed by atoms with Crippen molar-refractivity contribution in [3.05, 3.63) is 176 Å². The molecule has 0 aliphatic carbocycles. The third-order valence-electron chi connectivity index (χ3n) is 9.69. The van der Waals surface area contributed by atoms with E-state index in [4.69, 9.17) is 4.42 Å². The van der Waals surface area contributed by atoms with Gasteiger partial charge in [0, 0.05) is 37.3 Å². The summed E-state index contributed by atoms with van der Waals surface area (Å²) >= 11 is 1.86. The molecule has 10 rings (SSSR count). The normalized spacial score (nSPS) is 11.7. The van der Waals surface area contributed by atoms with Crippen molar-refractivity contribution in [2.24, 2.45) is 0 Å². The fraction of sp³-hybridized carbons (Fsp3) is 0. The Bertz CT molecular complexity index is 2830. The van der Waals surface area contributed by atoms with Gasteiger partial charge in [-0.2, -0.15) is 0 Å². The quantitative estimate of drug-likeness (QED) is 0.186. The second kappa shape index (κ2) is 11.2. The SMILES string of the molecule is c1ccc(-c2ccc(N(c3ccc(-c4ccc5oc6ccccc6c5c4)c4ccccc34)c3cccc4c3sc3ccccc34)cc2)cc1. The Morgan fingerprint density at radius 3 is 1.90 bits per heavy atom. The maximum absolute atomic E-state index is 6.17. The average molecular weight is 644 g/mol. The van der Waals surface area contributed by atoms with Crippen LogP contribution in [0.2, 0.25) is 0 Å². The molecule has 0 aliphatic rings. The van der Waals surface area contributed by atoms with Gasteiger partial charge in [-0.15, -0.1) is 11.3 Å². The monoisotopic (exact) mass is 643 g/mol. The zero-order valence-electron chi connectivity index (χ0n) is 26.5. The van der Waals surface area contributed by atoms with Crippen molar-refractivity contribution in [3.8, 4) is 22.3 Å². The number of nitrogens with zero attached hydrogens (tertiary/aromatic N) is 1. The second-order valence-electron chi connectivity index (χ2n) is 12.5. The highest BCUT2D eigenvalue weighted by Gasteiger charge is 2.21. The van der Waals surface area contributed by atoms with E-state index in [1.165, 1.54) is 58.9 Å². The molecular weight excluding hydrogens is 615 g/mol. The lowest BCUT2D eigenvalue weighted by atomic mass is 9.95. The maximum Gasteiger partial charge on any atom is 0.135 e. The van der Waals surface area contributed by atoms with E-state index in [0.29, 0.717) is 0 Å². The maximum atomic E-state index is 6.17. The minimum atomic E-state index is 0.910.